The molecule has 1 amide bonds. The van der Waals surface area contributed by atoms with Crippen molar-refractivity contribution in [2.24, 2.45) is 0 Å². The number of allylic oxidation sites excluding steroid dienone is 1. The second-order valence-electron chi connectivity index (χ2n) is 9.95. The van der Waals surface area contributed by atoms with Crippen molar-refractivity contribution in [3.8, 4) is 0 Å². The van der Waals surface area contributed by atoms with E-state index in [4.69, 9.17) is 21.5 Å². The number of hydrogen-bond donors (Lipinski definition) is 3. The second kappa shape index (κ2) is 13.7. The summed E-state index contributed by atoms with van der Waals surface area (Å²) in [6.07, 6.45) is 0.303. The van der Waals surface area contributed by atoms with Gasteiger partial charge in [0.25, 0.3) is 11.5 Å². The summed E-state index contributed by atoms with van der Waals surface area (Å²) in [6, 6.07) is 12.9. The first-order valence-electron chi connectivity index (χ1n) is 13.2. The molecule has 1 fully saturated rings. The van der Waals surface area contributed by atoms with Gasteiger partial charge < -0.3 is 20.6 Å². The Balaban J connectivity index is 0.000000566. The Morgan fingerprint density at radius 1 is 1.11 bits per heavy atom. The van der Waals surface area contributed by atoms with Crippen molar-refractivity contribution in [3.05, 3.63) is 81.2 Å². The minimum Gasteiger partial charge on any atom is -0.475 e. The van der Waals surface area contributed by atoms with Gasteiger partial charge in [0.05, 0.1) is 18.4 Å². The Bertz CT molecular complexity index is 1710. The minimum absolute atomic E-state index is 0.184. The van der Waals surface area contributed by atoms with E-state index >= 15 is 0 Å². The molecule has 3 N–H and O–H groups in total. The number of hydrogen-bond acceptors (Lipinski definition) is 9. The number of nitrogens with one attached hydrogen (secondary N) is 2. The molecule has 44 heavy (non-hydrogen) atoms. The van der Waals surface area contributed by atoms with Crippen LogP contribution < -0.4 is 21.1 Å². The van der Waals surface area contributed by atoms with Gasteiger partial charge in [-0.05, 0) is 60.1 Å². The minimum atomic E-state index is -5.08. The fourth-order valence-electron chi connectivity index (χ4n) is 4.42. The highest BCUT2D eigenvalue weighted by Gasteiger charge is 2.38. The molecule has 0 unspecified atom stereocenters. The summed E-state index contributed by atoms with van der Waals surface area (Å²) in [4.78, 5) is 36.3. The van der Waals surface area contributed by atoms with Crippen LogP contribution in [0, 0.1) is 0 Å². The van der Waals surface area contributed by atoms with Crippen LogP contribution in [0.3, 0.4) is 0 Å². The molecular formula is C28H27ClF3N7O5. The molecule has 0 saturated carbocycles. The van der Waals surface area contributed by atoms with E-state index in [0.29, 0.717) is 40.1 Å². The first kappa shape index (κ1) is 32.2. The summed E-state index contributed by atoms with van der Waals surface area (Å²) >= 11 is 6.44. The lowest BCUT2D eigenvalue weighted by Crippen LogP contribution is -2.54. The predicted octanol–water partition coefficient (Wildman–Crippen LogP) is 4.22. The zero-order chi connectivity index (χ0) is 32.0. The summed E-state index contributed by atoms with van der Waals surface area (Å²) in [5.41, 5.74) is 3.47. The lowest BCUT2D eigenvalue weighted by molar-refractivity contribution is -0.192. The van der Waals surface area contributed by atoms with Crippen LogP contribution >= 0.6 is 11.6 Å². The molecule has 1 aliphatic rings. The second-order valence-corrected chi connectivity index (χ2v) is 10.3. The van der Waals surface area contributed by atoms with Gasteiger partial charge in [-0.25, -0.2) is 14.1 Å². The number of halogens is 4. The van der Waals surface area contributed by atoms with Crippen molar-refractivity contribution < 1.29 is 32.5 Å². The number of fused-ring (bicyclic) bond motifs is 1. The largest absolute Gasteiger partial charge is 0.490 e. The summed E-state index contributed by atoms with van der Waals surface area (Å²) in [5, 5.41) is 25.5. The smallest absolute Gasteiger partial charge is 0.475 e. The highest BCUT2D eigenvalue weighted by molar-refractivity contribution is 6.33. The third-order valence-corrected chi connectivity index (χ3v) is 6.74. The van der Waals surface area contributed by atoms with E-state index < -0.39 is 12.1 Å². The fraction of sp³-hybridized carbons (Fsp3) is 0.286. The Morgan fingerprint density at radius 3 is 2.39 bits per heavy atom. The van der Waals surface area contributed by atoms with Gasteiger partial charge in [-0.2, -0.15) is 18.3 Å². The summed E-state index contributed by atoms with van der Waals surface area (Å²) < 4.78 is 37.7. The van der Waals surface area contributed by atoms with E-state index in [-0.39, 0.29) is 23.0 Å². The Hall–Kier alpha value is -4.76. The van der Waals surface area contributed by atoms with Crippen LogP contribution in [0.25, 0.3) is 17.1 Å². The molecule has 0 spiro atoms. The van der Waals surface area contributed by atoms with Crippen molar-refractivity contribution in [2.45, 2.75) is 38.7 Å². The predicted molar refractivity (Wildman–Crippen MR) is 157 cm³/mol. The van der Waals surface area contributed by atoms with Crippen LogP contribution in [0.4, 0.5) is 24.5 Å². The maximum absolute atomic E-state index is 12.8. The molecule has 0 radical (unpaired) electrons. The van der Waals surface area contributed by atoms with Gasteiger partial charge >= 0.3 is 12.1 Å². The van der Waals surface area contributed by atoms with E-state index in [0.717, 1.165) is 18.7 Å². The molecule has 12 nitrogen and oxygen atoms in total. The van der Waals surface area contributed by atoms with Gasteiger partial charge in [-0.3, -0.25) is 9.59 Å². The van der Waals surface area contributed by atoms with Gasteiger partial charge in [0.2, 0.25) is 0 Å². The van der Waals surface area contributed by atoms with Gasteiger partial charge in [0.15, 0.2) is 0 Å². The first-order chi connectivity index (χ1) is 20.8. The molecule has 0 bridgehead atoms. The number of rotatable bonds is 6. The average Bonchev–Trinajstić information content (AvgIpc) is 3.44. The van der Waals surface area contributed by atoms with Crippen molar-refractivity contribution in [3.63, 3.8) is 0 Å². The summed E-state index contributed by atoms with van der Waals surface area (Å²) in [6.45, 7) is 6.02. The molecule has 16 heteroatoms. The summed E-state index contributed by atoms with van der Waals surface area (Å²) in [7, 11) is 0. The number of carbonyl (C=O) groups is 2. The topological polar surface area (TPSA) is 155 Å². The number of carboxylic acid groups (broad SMARTS) is 1. The fourth-order valence-corrected chi connectivity index (χ4v) is 4.69. The van der Waals surface area contributed by atoms with Crippen LogP contribution in [-0.4, -0.2) is 68.4 Å². The number of carbonyl (C=O) groups excluding carboxylic acids is 1. The lowest BCUT2D eigenvalue weighted by atomic mass is 10.1. The number of aliphatic carboxylic acids is 1. The summed E-state index contributed by atoms with van der Waals surface area (Å²) in [5.74, 6) is -3.02. The van der Waals surface area contributed by atoms with Gasteiger partial charge in [-0.1, -0.05) is 35.9 Å². The number of piperazine rings is 1. The van der Waals surface area contributed by atoms with Crippen molar-refractivity contribution >= 4 is 52.0 Å². The van der Waals surface area contributed by atoms with Crippen molar-refractivity contribution in [1.82, 2.24) is 25.4 Å². The molecule has 4 aromatic rings. The number of aromatic nitrogens is 4. The molecule has 3 heterocycles. The number of amides is 1. The molecule has 1 saturated heterocycles. The zero-order valence-electron chi connectivity index (χ0n) is 23.4. The number of nitrogens with zero attached hydrogens (tertiary/aromatic N) is 5. The van der Waals surface area contributed by atoms with E-state index in [1.165, 1.54) is 4.68 Å². The Kier molecular flexibility index (Phi) is 10.0. The van der Waals surface area contributed by atoms with E-state index in [2.05, 4.69) is 49.4 Å². The normalized spacial score (nSPS) is 16.9. The molecule has 0 aliphatic carbocycles. The number of carboxylic acids is 1. The molecule has 232 valence electrons. The van der Waals surface area contributed by atoms with Crippen LogP contribution in [0.15, 0.2) is 64.2 Å². The number of alkyl halides is 3. The van der Waals surface area contributed by atoms with Crippen molar-refractivity contribution in [2.75, 3.05) is 23.3 Å². The van der Waals surface area contributed by atoms with Crippen LogP contribution in [0.1, 0.15) is 29.8 Å². The standard InChI is InChI=1S/C26H26ClN7O3.C2HF3O2/c1-16-14-33(15-17(2)29-16)23-13-28-34(26(36)24(23)27)11-3-4-18-5-8-20(9-6-18)30-25(35)19-7-10-21-22(12-19)32-37-31-21;3-2(4,5)1(6)7/h3-10,12-13,16-17,29H,11,14-15H2,1-2H3,(H,30,35);(H,6,7)/b4-3+;/t16-,17+;. The SMILES string of the molecule is C[C@@H]1CN(c2cnn(C/C=C/c3ccc(NC(=O)c4ccc5nonc5c4)cc3)c(=O)c2Cl)C[C@H](C)N1.O=C(O)C(F)(F)F. The maximum atomic E-state index is 12.8. The third-order valence-electron chi connectivity index (χ3n) is 6.38. The highest BCUT2D eigenvalue weighted by Crippen LogP contribution is 2.23. The van der Waals surface area contributed by atoms with Crippen LogP contribution in [-0.2, 0) is 11.3 Å². The lowest BCUT2D eigenvalue weighted by Gasteiger charge is -2.37. The maximum Gasteiger partial charge on any atom is 0.490 e. The van der Waals surface area contributed by atoms with E-state index in [9.17, 15) is 22.8 Å². The molecule has 5 rings (SSSR count). The van der Waals surface area contributed by atoms with Crippen LogP contribution in [0.2, 0.25) is 5.02 Å². The van der Waals surface area contributed by atoms with Gasteiger partial charge in [0.1, 0.15) is 16.1 Å². The molecular weight excluding hydrogens is 607 g/mol. The highest BCUT2D eigenvalue weighted by atomic mass is 35.5. The first-order valence-corrected chi connectivity index (χ1v) is 13.6. The molecule has 2 aromatic carbocycles. The van der Waals surface area contributed by atoms with Crippen LogP contribution in [0.5, 0.6) is 0 Å². The Morgan fingerprint density at radius 2 is 1.75 bits per heavy atom. The van der Waals surface area contributed by atoms with E-state index in [1.54, 1.807) is 36.5 Å². The van der Waals surface area contributed by atoms with E-state index in [1.807, 2.05) is 24.3 Å². The Labute approximate surface area is 253 Å². The van der Waals surface area contributed by atoms with Crippen molar-refractivity contribution in [1.29, 1.82) is 0 Å². The molecule has 2 atom stereocenters. The number of anilines is 2. The number of benzene rings is 2. The molecule has 1 aliphatic heterocycles. The third kappa shape index (κ3) is 8.20. The van der Waals surface area contributed by atoms with Gasteiger partial charge in [-0.15, -0.1) is 0 Å². The monoisotopic (exact) mass is 633 g/mol. The zero-order valence-corrected chi connectivity index (χ0v) is 24.1. The van der Waals surface area contributed by atoms with Gasteiger partial charge in [0, 0.05) is 36.4 Å². The average molecular weight is 634 g/mol. The quantitative estimate of drug-likeness (QED) is 0.281. The molecule has 2 aromatic heterocycles.